The third-order valence-electron chi connectivity index (χ3n) is 13.0. The molecule has 1 saturated heterocycles. The summed E-state index contributed by atoms with van der Waals surface area (Å²) in [5, 5.41) is 3.78. The van der Waals surface area contributed by atoms with Crippen LogP contribution in [0.2, 0.25) is 0 Å². The minimum Gasteiger partial charge on any atom is -0.345 e. The number of aliphatic imine (C=N–C) groups is 1. The Morgan fingerprint density at radius 3 is 2.11 bits per heavy atom. The van der Waals surface area contributed by atoms with Gasteiger partial charge in [0.15, 0.2) is 0 Å². The first-order valence-corrected chi connectivity index (χ1v) is 19.8. The van der Waals surface area contributed by atoms with Gasteiger partial charge in [-0.25, -0.2) is 0 Å². The number of benzene rings is 5. The highest BCUT2D eigenvalue weighted by Gasteiger charge is 2.55. The van der Waals surface area contributed by atoms with Gasteiger partial charge in [0.2, 0.25) is 0 Å². The van der Waals surface area contributed by atoms with Gasteiger partial charge in [-0.05, 0) is 74.1 Å². The van der Waals surface area contributed by atoms with E-state index in [0.29, 0.717) is 12.6 Å². The van der Waals surface area contributed by atoms with Crippen molar-refractivity contribution in [3.05, 3.63) is 233 Å². The van der Waals surface area contributed by atoms with Gasteiger partial charge in [-0.1, -0.05) is 189 Å². The van der Waals surface area contributed by atoms with Crippen molar-refractivity contribution in [2.45, 2.75) is 36.4 Å². The molecule has 11 rings (SSSR count). The van der Waals surface area contributed by atoms with Gasteiger partial charge >= 0.3 is 0 Å². The molecule has 3 nitrogen and oxygen atoms in total. The lowest BCUT2D eigenvalue weighted by Gasteiger charge is -2.39. The molecule has 55 heavy (non-hydrogen) atoms. The molecule has 3 heteroatoms. The zero-order valence-electron chi connectivity index (χ0n) is 31.0. The second kappa shape index (κ2) is 12.5. The van der Waals surface area contributed by atoms with E-state index in [1.165, 1.54) is 61.4 Å². The average molecular weight is 710 g/mol. The van der Waals surface area contributed by atoms with Crippen LogP contribution in [0.25, 0.3) is 16.7 Å². The number of fused-ring (bicyclic) bond motifs is 6. The van der Waals surface area contributed by atoms with Crippen LogP contribution < -0.4 is 5.32 Å². The van der Waals surface area contributed by atoms with Gasteiger partial charge in [0.1, 0.15) is 6.67 Å². The van der Waals surface area contributed by atoms with Crippen LogP contribution in [0, 0.1) is 11.8 Å². The van der Waals surface area contributed by atoms with E-state index in [9.17, 15) is 0 Å². The van der Waals surface area contributed by atoms with Gasteiger partial charge in [0.05, 0.1) is 28.7 Å². The molecule has 0 aromatic heterocycles. The summed E-state index contributed by atoms with van der Waals surface area (Å²) in [4.78, 5) is 8.29. The molecule has 2 aliphatic heterocycles. The first-order valence-electron chi connectivity index (χ1n) is 19.8. The number of allylic oxidation sites excluding steroid dienone is 6. The van der Waals surface area contributed by atoms with Crippen LogP contribution in [0.15, 0.2) is 210 Å². The monoisotopic (exact) mass is 709 g/mol. The number of nitrogens with zero attached hydrogens (tertiary/aromatic N) is 2. The molecule has 4 aliphatic carbocycles. The standard InChI is InChI=1S/C52H43N3/c1-35-31-44-42-29-28-39(52(38-21-9-4-10-22-38)45-25-13-11-23-40(45)41-24-12-14-26-46(41)52)32-47(42)55(48(44)33-43(35)36-17-5-2-6-18-36)34-53-50(37-19-7-3-8-20-37)51-30-16-15-27-49(51)54-51/h2-30,32-33,35,42,47,49,54H,31,34H2,1H3/b53-50-. The fourth-order valence-corrected chi connectivity index (χ4v) is 10.5. The number of rotatable bonds is 7. The fraction of sp³-hybridized carbons (Fsp3) is 0.173. The molecule has 0 amide bonds. The van der Waals surface area contributed by atoms with Crippen molar-refractivity contribution in [1.29, 1.82) is 0 Å². The predicted molar refractivity (Wildman–Crippen MR) is 226 cm³/mol. The highest BCUT2D eigenvalue weighted by Crippen LogP contribution is 2.58. The zero-order valence-corrected chi connectivity index (χ0v) is 31.0. The van der Waals surface area contributed by atoms with E-state index < -0.39 is 5.41 Å². The Balaban J connectivity index is 1.10. The van der Waals surface area contributed by atoms with E-state index in [4.69, 9.17) is 4.99 Å². The molecule has 0 spiro atoms. The van der Waals surface area contributed by atoms with E-state index >= 15 is 0 Å². The first-order chi connectivity index (χ1) is 27.2. The second-order valence-electron chi connectivity index (χ2n) is 15.9. The van der Waals surface area contributed by atoms with Crippen LogP contribution >= 0.6 is 0 Å². The zero-order chi connectivity index (χ0) is 36.6. The van der Waals surface area contributed by atoms with Gasteiger partial charge in [-0.3, -0.25) is 10.3 Å². The van der Waals surface area contributed by atoms with E-state index in [2.05, 4.69) is 205 Å². The summed E-state index contributed by atoms with van der Waals surface area (Å²) in [7, 11) is 0. The highest BCUT2D eigenvalue weighted by molar-refractivity contribution is 6.12. The lowest BCUT2D eigenvalue weighted by atomic mass is 9.65. The van der Waals surface area contributed by atoms with E-state index in [-0.39, 0.29) is 23.5 Å². The minimum atomic E-state index is -0.440. The van der Waals surface area contributed by atoms with Crippen LogP contribution in [0.1, 0.15) is 41.2 Å². The van der Waals surface area contributed by atoms with Crippen LogP contribution in [0.3, 0.4) is 0 Å². The van der Waals surface area contributed by atoms with E-state index in [1.54, 1.807) is 0 Å². The van der Waals surface area contributed by atoms with Gasteiger partial charge < -0.3 is 4.90 Å². The maximum Gasteiger partial charge on any atom is 0.111 e. The number of hydrogen-bond acceptors (Lipinski definition) is 3. The van der Waals surface area contributed by atoms with Gasteiger partial charge in [-0.2, -0.15) is 0 Å². The largest absolute Gasteiger partial charge is 0.345 e. The lowest BCUT2D eigenvalue weighted by Crippen LogP contribution is -2.38. The van der Waals surface area contributed by atoms with Crippen molar-refractivity contribution in [3.8, 4) is 11.1 Å². The van der Waals surface area contributed by atoms with Crippen molar-refractivity contribution in [1.82, 2.24) is 10.2 Å². The third-order valence-corrected chi connectivity index (χ3v) is 13.0. The molecule has 0 saturated carbocycles. The summed E-state index contributed by atoms with van der Waals surface area (Å²) in [5.74, 6) is 0.690. The van der Waals surface area contributed by atoms with Gasteiger partial charge in [-0.15, -0.1) is 0 Å². The van der Waals surface area contributed by atoms with Gasteiger partial charge in [0.25, 0.3) is 0 Å². The molecule has 0 bridgehead atoms. The van der Waals surface area contributed by atoms with Crippen molar-refractivity contribution < 1.29 is 0 Å². The quantitative estimate of drug-likeness (QED) is 0.135. The third kappa shape index (κ3) is 4.82. The molecular formula is C52H43N3. The Morgan fingerprint density at radius 1 is 0.745 bits per heavy atom. The minimum absolute atomic E-state index is 0.118. The fourth-order valence-electron chi connectivity index (χ4n) is 10.5. The molecule has 2 heterocycles. The maximum absolute atomic E-state index is 5.66. The number of hydrogen-bond donors (Lipinski definition) is 1. The Bertz CT molecular complexity index is 2510. The Labute approximate surface area is 324 Å². The SMILES string of the molecule is CC1CC2=C(C=C1c1ccccc1)N(C/N=C(/c1ccccc1)C13C=CC=CC1N3)C1C=C(C3(c4ccccc4)c4ccccc4-c4ccccc43)C=CC21. The predicted octanol–water partition coefficient (Wildman–Crippen LogP) is 10.5. The first kappa shape index (κ1) is 32.4. The topological polar surface area (TPSA) is 37.5 Å². The molecular weight excluding hydrogens is 667 g/mol. The summed E-state index contributed by atoms with van der Waals surface area (Å²) >= 11 is 0. The number of nitrogens with one attached hydrogen (secondary N) is 1. The van der Waals surface area contributed by atoms with Crippen LogP contribution in [-0.2, 0) is 5.41 Å². The highest BCUT2D eigenvalue weighted by atomic mass is 15.3. The summed E-state index contributed by atoms with van der Waals surface area (Å²) in [5.41, 5.74) is 15.1. The molecule has 1 fully saturated rings. The van der Waals surface area contributed by atoms with Gasteiger partial charge in [0, 0.05) is 11.6 Å². The molecule has 266 valence electrons. The molecule has 5 atom stereocenters. The van der Waals surface area contributed by atoms with Crippen molar-refractivity contribution in [3.63, 3.8) is 0 Å². The van der Waals surface area contributed by atoms with Crippen LogP contribution in [-0.4, -0.2) is 34.9 Å². The molecule has 0 radical (unpaired) electrons. The molecule has 6 aliphatic rings. The summed E-state index contributed by atoms with van der Waals surface area (Å²) in [6, 6.07) is 51.4. The molecule has 5 unspecified atom stereocenters. The van der Waals surface area contributed by atoms with Crippen molar-refractivity contribution >= 4 is 11.3 Å². The Kier molecular flexibility index (Phi) is 7.37. The van der Waals surface area contributed by atoms with E-state index in [0.717, 1.165) is 12.1 Å². The summed E-state index contributed by atoms with van der Waals surface area (Å²) < 4.78 is 0. The molecule has 5 aromatic rings. The van der Waals surface area contributed by atoms with Crippen molar-refractivity contribution in [2.24, 2.45) is 16.8 Å². The lowest BCUT2D eigenvalue weighted by molar-refractivity contribution is 0.310. The smallest absolute Gasteiger partial charge is 0.111 e. The average Bonchev–Trinajstić information content (AvgIpc) is 3.82. The Morgan fingerprint density at radius 2 is 1.40 bits per heavy atom. The molecule has 5 aromatic carbocycles. The normalized spacial score (nSPS) is 26.4. The maximum atomic E-state index is 5.66. The summed E-state index contributed by atoms with van der Waals surface area (Å²) in [6.45, 7) is 2.96. The van der Waals surface area contributed by atoms with E-state index in [1.807, 2.05) is 0 Å². The summed E-state index contributed by atoms with van der Waals surface area (Å²) in [6.07, 6.45) is 20.0. The van der Waals surface area contributed by atoms with Crippen LogP contribution in [0.5, 0.6) is 0 Å². The molecule has 1 N–H and O–H groups in total. The second-order valence-corrected chi connectivity index (χ2v) is 15.9. The van der Waals surface area contributed by atoms with Crippen LogP contribution in [0.4, 0.5) is 0 Å². The van der Waals surface area contributed by atoms with Crippen molar-refractivity contribution in [2.75, 3.05) is 6.67 Å². The Hall–Kier alpha value is -6.03.